The van der Waals surface area contributed by atoms with Crippen LogP contribution in [0.2, 0.25) is 18.1 Å². The number of allylic oxidation sites excluding steroid dienone is 4. The summed E-state index contributed by atoms with van der Waals surface area (Å²) in [6.45, 7) is 15.1. The van der Waals surface area contributed by atoms with E-state index in [0.29, 0.717) is 19.8 Å². The first-order valence-corrected chi connectivity index (χ1v) is 16.3. The molecule has 0 aromatic heterocycles. The monoisotopic (exact) mass is 468 g/mol. The Morgan fingerprint density at radius 3 is 1.94 bits per heavy atom. The van der Waals surface area contributed by atoms with E-state index in [1.807, 2.05) is 0 Å². The van der Waals surface area contributed by atoms with Crippen molar-refractivity contribution in [2.75, 3.05) is 19.8 Å². The Labute approximate surface area is 202 Å². The largest absolute Gasteiger partial charge is 0.414 e. The van der Waals surface area contributed by atoms with Gasteiger partial charge in [0, 0.05) is 0 Å². The summed E-state index contributed by atoms with van der Waals surface area (Å²) in [4.78, 5) is 0. The van der Waals surface area contributed by atoms with Crippen LogP contribution in [-0.2, 0) is 9.16 Å². The third-order valence-corrected chi connectivity index (χ3v) is 11.1. The highest BCUT2D eigenvalue weighted by atomic mass is 28.4. The van der Waals surface area contributed by atoms with Gasteiger partial charge in [0.25, 0.3) is 0 Å². The van der Waals surface area contributed by atoms with Gasteiger partial charge in [0.1, 0.15) is 0 Å². The van der Waals surface area contributed by atoms with Crippen molar-refractivity contribution in [2.45, 2.75) is 135 Å². The van der Waals surface area contributed by atoms with Crippen molar-refractivity contribution in [3.05, 3.63) is 24.3 Å². The summed E-state index contributed by atoms with van der Waals surface area (Å²) in [7, 11) is -1.69. The lowest BCUT2D eigenvalue weighted by molar-refractivity contribution is 0.0185. The van der Waals surface area contributed by atoms with E-state index in [0.717, 1.165) is 19.3 Å². The van der Waals surface area contributed by atoms with Gasteiger partial charge >= 0.3 is 0 Å². The molecule has 0 aliphatic carbocycles. The molecule has 0 aromatic carbocycles. The Morgan fingerprint density at radius 1 is 0.781 bits per heavy atom. The SMILES string of the molecule is CCCCC/C=C\C/C=C\CCCCCCCCC(O)COCCO[Si](C)(C)C(C)(C)C. The molecule has 4 heteroatoms. The first-order chi connectivity index (χ1) is 15.2. The number of hydrogen-bond acceptors (Lipinski definition) is 3. The Morgan fingerprint density at radius 2 is 1.34 bits per heavy atom. The Bertz CT molecular complexity index is 466. The number of hydrogen-bond donors (Lipinski definition) is 1. The highest BCUT2D eigenvalue weighted by Gasteiger charge is 2.36. The van der Waals surface area contributed by atoms with Crippen molar-refractivity contribution in [1.82, 2.24) is 0 Å². The smallest absolute Gasteiger partial charge is 0.192 e. The van der Waals surface area contributed by atoms with Crippen molar-refractivity contribution in [3.8, 4) is 0 Å². The second kappa shape index (κ2) is 20.0. The van der Waals surface area contributed by atoms with Gasteiger partial charge in [-0.25, -0.2) is 0 Å². The maximum Gasteiger partial charge on any atom is 0.192 e. The minimum atomic E-state index is -1.69. The van der Waals surface area contributed by atoms with Gasteiger partial charge < -0.3 is 14.3 Å². The lowest BCUT2D eigenvalue weighted by atomic mass is 10.1. The van der Waals surface area contributed by atoms with Crippen LogP contribution in [0, 0.1) is 0 Å². The van der Waals surface area contributed by atoms with Gasteiger partial charge in [0.15, 0.2) is 8.32 Å². The van der Waals surface area contributed by atoms with Gasteiger partial charge in [-0.05, 0) is 56.7 Å². The van der Waals surface area contributed by atoms with E-state index in [-0.39, 0.29) is 11.1 Å². The fourth-order valence-corrected chi connectivity index (χ4v) is 4.27. The van der Waals surface area contributed by atoms with Gasteiger partial charge in [-0.15, -0.1) is 0 Å². The normalized spacial score (nSPS) is 14.1. The quantitative estimate of drug-likeness (QED) is 0.104. The highest BCUT2D eigenvalue weighted by Crippen LogP contribution is 2.36. The van der Waals surface area contributed by atoms with Crippen LogP contribution in [0.4, 0.5) is 0 Å². The van der Waals surface area contributed by atoms with E-state index in [1.165, 1.54) is 64.2 Å². The average molecular weight is 469 g/mol. The lowest BCUT2D eigenvalue weighted by Gasteiger charge is -2.36. The topological polar surface area (TPSA) is 38.7 Å². The molecular formula is C28H56O3Si. The molecule has 0 saturated carbocycles. The first-order valence-electron chi connectivity index (χ1n) is 13.4. The van der Waals surface area contributed by atoms with E-state index < -0.39 is 8.32 Å². The standard InChI is InChI=1S/C28H56O3Si/c1-7-8-9-10-11-12-13-14-15-16-17-18-19-20-21-22-23-27(29)26-30-24-25-31-32(5,6)28(2,3)4/h11-12,14-15,27,29H,7-10,13,16-26H2,1-6H3/b12-11-,15-14-. The van der Waals surface area contributed by atoms with Gasteiger partial charge in [-0.2, -0.15) is 0 Å². The minimum Gasteiger partial charge on any atom is -0.414 e. The molecule has 0 heterocycles. The second-order valence-electron chi connectivity index (χ2n) is 10.7. The van der Waals surface area contributed by atoms with E-state index in [1.54, 1.807) is 0 Å². The van der Waals surface area contributed by atoms with Crippen molar-refractivity contribution >= 4 is 8.32 Å². The zero-order valence-corrected chi connectivity index (χ0v) is 23.5. The molecule has 1 unspecified atom stereocenters. The molecule has 0 rings (SSSR count). The summed E-state index contributed by atoms with van der Waals surface area (Å²) >= 11 is 0. The molecule has 3 nitrogen and oxygen atoms in total. The first kappa shape index (κ1) is 31.6. The van der Waals surface area contributed by atoms with Gasteiger partial charge in [0.05, 0.1) is 25.9 Å². The van der Waals surface area contributed by atoms with Crippen LogP contribution in [0.1, 0.15) is 111 Å². The van der Waals surface area contributed by atoms with E-state index in [9.17, 15) is 5.11 Å². The zero-order valence-electron chi connectivity index (χ0n) is 22.5. The van der Waals surface area contributed by atoms with Gasteiger partial charge in [-0.3, -0.25) is 0 Å². The molecule has 0 aromatic rings. The molecule has 1 atom stereocenters. The fraction of sp³-hybridized carbons (Fsp3) is 0.857. The zero-order chi connectivity index (χ0) is 24.1. The minimum absolute atomic E-state index is 0.230. The van der Waals surface area contributed by atoms with Crippen molar-refractivity contribution < 1.29 is 14.3 Å². The van der Waals surface area contributed by atoms with Crippen LogP contribution < -0.4 is 0 Å². The molecule has 0 saturated heterocycles. The predicted molar refractivity (Wildman–Crippen MR) is 144 cm³/mol. The molecular weight excluding hydrogens is 412 g/mol. The number of ether oxygens (including phenoxy) is 1. The molecule has 0 spiro atoms. The van der Waals surface area contributed by atoms with Crippen molar-refractivity contribution in [1.29, 1.82) is 0 Å². The van der Waals surface area contributed by atoms with Crippen LogP contribution in [0.5, 0.6) is 0 Å². The summed E-state index contributed by atoms with van der Waals surface area (Å²) < 4.78 is 11.7. The number of rotatable bonds is 21. The molecule has 1 N–H and O–H groups in total. The van der Waals surface area contributed by atoms with Crippen LogP contribution in [0.15, 0.2) is 24.3 Å². The van der Waals surface area contributed by atoms with E-state index >= 15 is 0 Å². The molecule has 32 heavy (non-hydrogen) atoms. The lowest BCUT2D eigenvalue weighted by Crippen LogP contribution is -2.41. The third-order valence-electron chi connectivity index (χ3n) is 6.54. The maximum absolute atomic E-state index is 10.1. The van der Waals surface area contributed by atoms with Gasteiger partial charge in [-0.1, -0.05) is 96.9 Å². The molecule has 0 fully saturated rings. The number of aliphatic hydroxyl groups excluding tert-OH is 1. The molecule has 0 aliphatic rings. The highest BCUT2D eigenvalue weighted by molar-refractivity contribution is 6.74. The third kappa shape index (κ3) is 19.1. The number of unbranched alkanes of at least 4 members (excludes halogenated alkanes) is 9. The summed E-state index contributed by atoms with van der Waals surface area (Å²) in [5.74, 6) is 0. The fourth-order valence-electron chi connectivity index (χ4n) is 3.24. The Hall–Kier alpha value is -0.423. The Balaban J connectivity index is 3.42. The molecule has 190 valence electrons. The van der Waals surface area contributed by atoms with Crippen LogP contribution in [-0.4, -0.2) is 39.3 Å². The van der Waals surface area contributed by atoms with E-state index in [2.05, 4.69) is 65.1 Å². The second-order valence-corrected chi connectivity index (χ2v) is 15.5. The van der Waals surface area contributed by atoms with Crippen molar-refractivity contribution in [2.24, 2.45) is 0 Å². The maximum atomic E-state index is 10.1. The van der Waals surface area contributed by atoms with Crippen LogP contribution >= 0.6 is 0 Å². The molecule has 0 aliphatic heterocycles. The van der Waals surface area contributed by atoms with Crippen LogP contribution in [0.25, 0.3) is 0 Å². The van der Waals surface area contributed by atoms with Crippen LogP contribution in [0.3, 0.4) is 0 Å². The van der Waals surface area contributed by atoms with Crippen molar-refractivity contribution in [3.63, 3.8) is 0 Å². The molecule has 0 radical (unpaired) electrons. The molecule has 0 amide bonds. The summed E-state index contributed by atoms with van der Waals surface area (Å²) in [5, 5.41) is 10.3. The molecule has 0 bridgehead atoms. The summed E-state index contributed by atoms with van der Waals surface area (Å²) in [5.41, 5.74) is 0. The summed E-state index contributed by atoms with van der Waals surface area (Å²) in [6.07, 6.45) is 24.8. The Kier molecular flexibility index (Phi) is 19.7. The van der Waals surface area contributed by atoms with E-state index in [4.69, 9.17) is 9.16 Å². The summed E-state index contributed by atoms with van der Waals surface area (Å²) in [6, 6.07) is 0. The average Bonchev–Trinajstić information content (AvgIpc) is 2.72. The predicted octanol–water partition coefficient (Wildman–Crippen LogP) is 8.59. The number of aliphatic hydroxyl groups is 1. The van der Waals surface area contributed by atoms with Gasteiger partial charge in [0.2, 0.25) is 0 Å².